The molecular weight excluding hydrogens is 424 g/mol. The number of hydrogen-bond donors (Lipinski definition) is 0. The van der Waals surface area contributed by atoms with Gasteiger partial charge in [0.15, 0.2) is 0 Å². The molecular formula is C29H34N2O3. The fourth-order valence-corrected chi connectivity index (χ4v) is 4.20. The lowest BCUT2D eigenvalue weighted by Crippen LogP contribution is -2.41. The van der Waals surface area contributed by atoms with Crippen molar-refractivity contribution in [2.75, 3.05) is 13.1 Å². The predicted molar refractivity (Wildman–Crippen MR) is 137 cm³/mol. The van der Waals surface area contributed by atoms with E-state index in [1.54, 1.807) is 0 Å². The fourth-order valence-electron chi connectivity index (χ4n) is 4.20. The summed E-state index contributed by atoms with van der Waals surface area (Å²) >= 11 is 0. The molecule has 1 saturated heterocycles. The zero-order valence-corrected chi connectivity index (χ0v) is 20.6. The van der Waals surface area contributed by atoms with E-state index in [9.17, 15) is 4.79 Å². The van der Waals surface area contributed by atoms with Gasteiger partial charge < -0.3 is 14.4 Å². The van der Waals surface area contributed by atoms with Crippen molar-refractivity contribution in [2.45, 2.75) is 52.7 Å². The summed E-state index contributed by atoms with van der Waals surface area (Å²) in [6, 6.07) is 18.3. The van der Waals surface area contributed by atoms with Gasteiger partial charge >= 0.3 is 6.09 Å². The van der Waals surface area contributed by atoms with Gasteiger partial charge in [0.05, 0.1) is 11.2 Å². The lowest BCUT2D eigenvalue weighted by molar-refractivity contribution is 0.0197. The SMILES string of the molecule is Cc1c(C=CC2CCN(C(=O)OC(C)(C)C)CC2)nc2ccccc2c1OCc1ccccc1. The van der Waals surface area contributed by atoms with Crippen LogP contribution in [0.25, 0.3) is 17.0 Å². The van der Waals surface area contributed by atoms with E-state index < -0.39 is 5.60 Å². The van der Waals surface area contributed by atoms with Crippen LogP contribution in [-0.2, 0) is 11.3 Å². The van der Waals surface area contributed by atoms with Gasteiger partial charge in [0.1, 0.15) is 18.0 Å². The topological polar surface area (TPSA) is 51.7 Å². The van der Waals surface area contributed by atoms with Crippen LogP contribution in [0.1, 0.15) is 50.4 Å². The normalized spacial score (nSPS) is 15.1. The maximum Gasteiger partial charge on any atom is 0.410 e. The standard InChI is InChI=1S/C29H34N2O3/c1-21-25(15-14-22-16-18-31(19-17-22)28(32)34-29(2,3)4)30-26-13-9-8-12-24(26)27(21)33-20-23-10-6-5-7-11-23/h5-15,22H,16-20H2,1-4H3. The minimum Gasteiger partial charge on any atom is -0.488 e. The van der Waals surface area contributed by atoms with Crippen LogP contribution in [0.4, 0.5) is 4.79 Å². The van der Waals surface area contributed by atoms with Crippen molar-refractivity contribution in [1.29, 1.82) is 0 Å². The van der Waals surface area contributed by atoms with Crippen LogP contribution in [0, 0.1) is 12.8 Å². The molecule has 4 rings (SSSR count). The van der Waals surface area contributed by atoms with E-state index >= 15 is 0 Å². The first kappa shape index (κ1) is 23.8. The molecule has 0 saturated carbocycles. The van der Waals surface area contributed by atoms with Gasteiger partial charge in [-0.25, -0.2) is 9.78 Å². The minimum atomic E-state index is -0.465. The summed E-state index contributed by atoms with van der Waals surface area (Å²) in [7, 11) is 0. The molecule has 5 heteroatoms. The van der Waals surface area contributed by atoms with Crippen LogP contribution in [0.3, 0.4) is 0 Å². The van der Waals surface area contributed by atoms with Crippen LogP contribution < -0.4 is 4.74 Å². The van der Waals surface area contributed by atoms with Gasteiger partial charge in [-0.1, -0.05) is 48.5 Å². The van der Waals surface area contributed by atoms with Crippen LogP contribution in [0.2, 0.25) is 0 Å². The third-order valence-corrected chi connectivity index (χ3v) is 6.06. The van der Waals surface area contributed by atoms with Crippen molar-refractivity contribution in [1.82, 2.24) is 9.88 Å². The number of ether oxygens (including phenoxy) is 2. The molecule has 0 atom stereocenters. The van der Waals surface area contributed by atoms with Gasteiger partial charge in [-0.2, -0.15) is 0 Å². The van der Waals surface area contributed by atoms with Crippen LogP contribution in [-0.4, -0.2) is 34.7 Å². The second-order valence-electron chi connectivity index (χ2n) is 9.91. The van der Waals surface area contributed by atoms with Gasteiger partial charge in [-0.05, 0) is 70.2 Å². The summed E-state index contributed by atoms with van der Waals surface area (Å²) < 4.78 is 11.8. The molecule has 178 valence electrons. The molecule has 1 aliphatic rings. The quantitative estimate of drug-likeness (QED) is 0.423. The fraction of sp³-hybridized carbons (Fsp3) is 0.379. The average Bonchev–Trinajstić information content (AvgIpc) is 2.82. The number of benzene rings is 2. The van der Waals surface area contributed by atoms with Crippen LogP contribution in [0.15, 0.2) is 60.7 Å². The highest BCUT2D eigenvalue weighted by Crippen LogP contribution is 2.32. The predicted octanol–water partition coefficient (Wildman–Crippen LogP) is 6.78. The minimum absolute atomic E-state index is 0.220. The average molecular weight is 459 g/mol. The van der Waals surface area contributed by atoms with E-state index in [0.29, 0.717) is 25.6 Å². The van der Waals surface area contributed by atoms with Crippen molar-refractivity contribution in [2.24, 2.45) is 5.92 Å². The molecule has 0 aliphatic carbocycles. The highest BCUT2D eigenvalue weighted by atomic mass is 16.6. The summed E-state index contributed by atoms with van der Waals surface area (Å²) in [5, 5.41) is 1.03. The Morgan fingerprint density at radius 1 is 1.06 bits per heavy atom. The second-order valence-corrected chi connectivity index (χ2v) is 9.91. The molecule has 0 unspecified atom stereocenters. The number of fused-ring (bicyclic) bond motifs is 1. The molecule has 1 aromatic heterocycles. The largest absolute Gasteiger partial charge is 0.488 e. The number of carbonyl (C=O) groups excluding carboxylic acids is 1. The van der Waals surface area contributed by atoms with E-state index in [1.807, 2.05) is 62.1 Å². The van der Waals surface area contributed by atoms with E-state index in [0.717, 1.165) is 46.3 Å². The van der Waals surface area contributed by atoms with Crippen molar-refractivity contribution in [3.05, 3.63) is 77.5 Å². The summed E-state index contributed by atoms with van der Waals surface area (Å²) in [5.41, 5.74) is 3.56. The van der Waals surface area contributed by atoms with E-state index in [2.05, 4.69) is 37.3 Å². The number of hydrogen-bond acceptors (Lipinski definition) is 4. The van der Waals surface area contributed by atoms with Crippen molar-refractivity contribution in [3.63, 3.8) is 0 Å². The Kier molecular flexibility index (Phi) is 7.20. The monoisotopic (exact) mass is 458 g/mol. The number of pyridine rings is 1. The molecule has 1 fully saturated rings. The molecule has 0 radical (unpaired) electrons. The number of rotatable bonds is 5. The number of para-hydroxylation sites is 1. The Morgan fingerprint density at radius 2 is 1.74 bits per heavy atom. The molecule has 0 spiro atoms. The molecule has 1 aliphatic heterocycles. The Bertz CT molecular complexity index is 1160. The highest BCUT2D eigenvalue weighted by Gasteiger charge is 2.26. The van der Waals surface area contributed by atoms with E-state index in [4.69, 9.17) is 14.5 Å². The lowest BCUT2D eigenvalue weighted by atomic mass is 9.96. The maximum absolute atomic E-state index is 12.3. The summed E-state index contributed by atoms with van der Waals surface area (Å²) in [4.78, 5) is 19.0. The van der Waals surface area contributed by atoms with Crippen molar-refractivity contribution < 1.29 is 14.3 Å². The Morgan fingerprint density at radius 3 is 2.44 bits per heavy atom. The molecule has 0 N–H and O–H groups in total. The maximum atomic E-state index is 12.3. The van der Waals surface area contributed by atoms with Gasteiger partial charge in [-0.3, -0.25) is 0 Å². The van der Waals surface area contributed by atoms with Crippen LogP contribution in [0.5, 0.6) is 5.75 Å². The number of piperidine rings is 1. The smallest absolute Gasteiger partial charge is 0.410 e. The third kappa shape index (κ3) is 5.96. The number of amides is 1. The first-order valence-corrected chi connectivity index (χ1v) is 12.0. The molecule has 34 heavy (non-hydrogen) atoms. The summed E-state index contributed by atoms with van der Waals surface area (Å²) in [6.45, 7) is 9.71. The zero-order chi connectivity index (χ0) is 24.1. The van der Waals surface area contributed by atoms with E-state index in [1.165, 1.54) is 0 Å². The Hall–Kier alpha value is -3.34. The Labute approximate surface area is 202 Å². The lowest BCUT2D eigenvalue weighted by Gasteiger charge is -2.32. The molecule has 3 aromatic rings. The Balaban J connectivity index is 1.48. The first-order chi connectivity index (χ1) is 16.3. The van der Waals surface area contributed by atoms with Crippen molar-refractivity contribution >= 4 is 23.1 Å². The second kappa shape index (κ2) is 10.3. The molecule has 2 heterocycles. The number of nitrogens with zero attached hydrogens (tertiary/aromatic N) is 2. The molecule has 0 bridgehead atoms. The number of carbonyl (C=O) groups is 1. The van der Waals surface area contributed by atoms with Gasteiger partial charge in [0.25, 0.3) is 0 Å². The zero-order valence-electron chi connectivity index (χ0n) is 20.6. The number of allylic oxidation sites excluding steroid dienone is 1. The highest BCUT2D eigenvalue weighted by molar-refractivity contribution is 5.88. The summed E-state index contributed by atoms with van der Waals surface area (Å²) in [5.74, 6) is 1.29. The first-order valence-electron chi connectivity index (χ1n) is 12.0. The molecule has 1 amide bonds. The van der Waals surface area contributed by atoms with Gasteiger partial charge in [-0.15, -0.1) is 0 Å². The van der Waals surface area contributed by atoms with Gasteiger partial charge in [0, 0.05) is 24.0 Å². The number of likely N-dealkylation sites (tertiary alicyclic amines) is 1. The third-order valence-electron chi connectivity index (χ3n) is 6.06. The molecule has 2 aromatic carbocycles. The summed E-state index contributed by atoms with van der Waals surface area (Å²) in [6.07, 6.45) is 5.96. The van der Waals surface area contributed by atoms with Crippen LogP contribution >= 0.6 is 0 Å². The van der Waals surface area contributed by atoms with Crippen molar-refractivity contribution in [3.8, 4) is 5.75 Å². The van der Waals surface area contributed by atoms with Gasteiger partial charge in [0.2, 0.25) is 0 Å². The molecule has 5 nitrogen and oxygen atoms in total. The van der Waals surface area contributed by atoms with E-state index in [-0.39, 0.29) is 6.09 Å². The number of aromatic nitrogens is 1.